The summed E-state index contributed by atoms with van der Waals surface area (Å²) in [5, 5.41) is 0. The molecular formula is C12H17N. The predicted molar refractivity (Wildman–Crippen MR) is 61.0 cm³/mol. The number of hydrogen-bond donors (Lipinski definition) is 0. The van der Waals surface area contributed by atoms with Crippen LogP contribution in [0.2, 0.25) is 0 Å². The van der Waals surface area contributed by atoms with Gasteiger partial charge in [0.1, 0.15) is 0 Å². The van der Waals surface area contributed by atoms with Gasteiger partial charge in [0, 0.05) is 12.4 Å². The van der Waals surface area contributed by atoms with Crippen molar-refractivity contribution in [1.82, 2.24) is 0 Å². The van der Waals surface area contributed by atoms with Gasteiger partial charge in [0.15, 0.2) is 0 Å². The number of hydrogen-bond acceptors (Lipinski definition) is 1. The van der Waals surface area contributed by atoms with E-state index in [0.29, 0.717) is 0 Å². The van der Waals surface area contributed by atoms with Crippen LogP contribution >= 0.6 is 0 Å². The van der Waals surface area contributed by atoms with Gasteiger partial charge in [-0.15, -0.1) is 0 Å². The van der Waals surface area contributed by atoms with E-state index in [1.54, 1.807) is 6.21 Å². The minimum atomic E-state index is 0.878. The van der Waals surface area contributed by atoms with Crippen LogP contribution in [0.15, 0.2) is 53.7 Å². The Morgan fingerprint density at radius 3 is 2.62 bits per heavy atom. The number of nitrogens with zero attached hydrogens (tertiary/aromatic N) is 1. The summed E-state index contributed by atoms with van der Waals surface area (Å²) in [6.07, 6.45) is 10.4. The zero-order valence-corrected chi connectivity index (χ0v) is 8.46. The molecule has 0 rings (SSSR count). The van der Waals surface area contributed by atoms with Crippen molar-refractivity contribution >= 4 is 6.21 Å². The van der Waals surface area contributed by atoms with E-state index >= 15 is 0 Å². The Hall–Kier alpha value is -1.37. The molecule has 0 unspecified atom stereocenters. The minimum absolute atomic E-state index is 0.878. The Labute approximate surface area is 80.9 Å². The lowest BCUT2D eigenvalue weighted by Crippen LogP contribution is -1.76. The first-order valence-electron chi connectivity index (χ1n) is 4.38. The van der Waals surface area contributed by atoms with Crippen LogP contribution in [0, 0.1) is 0 Å². The van der Waals surface area contributed by atoms with Crippen molar-refractivity contribution in [1.29, 1.82) is 0 Å². The average Bonchev–Trinajstić information content (AvgIpc) is 2.12. The summed E-state index contributed by atoms with van der Waals surface area (Å²) in [4.78, 5) is 3.86. The van der Waals surface area contributed by atoms with Crippen molar-refractivity contribution in [3.63, 3.8) is 0 Å². The zero-order valence-electron chi connectivity index (χ0n) is 8.46. The topological polar surface area (TPSA) is 12.4 Å². The first-order chi connectivity index (χ1) is 6.20. The van der Waals surface area contributed by atoms with Crippen molar-refractivity contribution in [2.75, 3.05) is 0 Å². The molecule has 0 spiro atoms. The molecule has 0 aliphatic rings. The Balaban J connectivity index is 4.11. The molecule has 0 bridgehead atoms. The predicted octanol–water partition coefficient (Wildman–Crippen LogP) is 3.67. The Morgan fingerprint density at radius 1 is 1.38 bits per heavy atom. The van der Waals surface area contributed by atoms with Gasteiger partial charge in [-0.2, -0.15) is 0 Å². The molecule has 1 nitrogen and oxygen atoms in total. The largest absolute Gasteiger partial charge is 0.265 e. The molecule has 0 saturated carbocycles. The van der Waals surface area contributed by atoms with Gasteiger partial charge in [0.05, 0.1) is 0 Å². The van der Waals surface area contributed by atoms with Crippen LogP contribution in [0.25, 0.3) is 0 Å². The van der Waals surface area contributed by atoms with E-state index in [-0.39, 0.29) is 0 Å². The van der Waals surface area contributed by atoms with E-state index < -0.39 is 0 Å². The van der Waals surface area contributed by atoms with E-state index in [1.165, 1.54) is 11.8 Å². The maximum Gasteiger partial charge on any atom is 0.0334 e. The molecular weight excluding hydrogens is 158 g/mol. The third-order valence-corrected chi connectivity index (χ3v) is 1.43. The fraction of sp³-hybridized carbons (Fsp3) is 0.250. The van der Waals surface area contributed by atoms with Crippen LogP contribution in [-0.4, -0.2) is 6.21 Å². The van der Waals surface area contributed by atoms with Gasteiger partial charge in [-0.3, -0.25) is 4.99 Å². The lowest BCUT2D eigenvalue weighted by molar-refractivity contribution is 1.20. The van der Waals surface area contributed by atoms with Gasteiger partial charge < -0.3 is 0 Å². The summed E-state index contributed by atoms with van der Waals surface area (Å²) in [7, 11) is 0. The van der Waals surface area contributed by atoms with Crippen molar-refractivity contribution in [3.05, 3.63) is 48.7 Å². The van der Waals surface area contributed by atoms with Crippen LogP contribution in [0.5, 0.6) is 0 Å². The van der Waals surface area contributed by atoms with E-state index in [1.807, 2.05) is 12.2 Å². The highest BCUT2D eigenvalue weighted by molar-refractivity contribution is 5.81. The molecule has 0 aliphatic carbocycles. The second-order valence-electron chi connectivity index (χ2n) is 2.73. The summed E-state index contributed by atoms with van der Waals surface area (Å²) < 4.78 is 0. The van der Waals surface area contributed by atoms with Gasteiger partial charge in [-0.1, -0.05) is 43.9 Å². The molecule has 0 amide bonds. The van der Waals surface area contributed by atoms with Gasteiger partial charge in [-0.25, -0.2) is 0 Å². The SMILES string of the molecule is C=C/N=C\C(=C)/C=C\C(C)=C/CC. The van der Waals surface area contributed by atoms with E-state index in [2.05, 4.69) is 38.1 Å². The summed E-state index contributed by atoms with van der Waals surface area (Å²) in [6, 6.07) is 0. The van der Waals surface area contributed by atoms with Crippen molar-refractivity contribution in [3.8, 4) is 0 Å². The van der Waals surface area contributed by atoms with Crippen molar-refractivity contribution < 1.29 is 0 Å². The number of allylic oxidation sites excluding steroid dienone is 5. The average molecular weight is 175 g/mol. The normalized spacial score (nSPS) is 12.6. The Morgan fingerprint density at radius 2 is 2.08 bits per heavy atom. The molecule has 70 valence electrons. The Bertz CT molecular complexity index is 254. The summed E-state index contributed by atoms with van der Waals surface area (Å²) >= 11 is 0. The summed E-state index contributed by atoms with van der Waals surface area (Å²) in [5.74, 6) is 0. The van der Waals surface area contributed by atoms with E-state index in [4.69, 9.17) is 0 Å². The summed E-state index contributed by atoms with van der Waals surface area (Å²) in [5.41, 5.74) is 2.12. The van der Waals surface area contributed by atoms with Crippen LogP contribution in [-0.2, 0) is 0 Å². The van der Waals surface area contributed by atoms with Gasteiger partial charge in [-0.05, 0) is 18.9 Å². The molecule has 0 radical (unpaired) electrons. The lowest BCUT2D eigenvalue weighted by Gasteiger charge is -1.90. The molecule has 0 heterocycles. The third-order valence-electron chi connectivity index (χ3n) is 1.43. The highest BCUT2D eigenvalue weighted by Gasteiger charge is 1.81. The first-order valence-corrected chi connectivity index (χ1v) is 4.38. The van der Waals surface area contributed by atoms with Gasteiger partial charge in [0.25, 0.3) is 0 Å². The molecule has 0 saturated heterocycles. The zero-order chi connectivity index (χ0) is 10.1. The molecule has 0 aromatic carbocycles. The molecule has 13 heavy (non-hydrogen) atoms. The van der Waals surface area contributed by atoms with Crippen LogP contribution in [0.1, 0.15) is 20.3 Å². The first kappa shape index (κ1) is 11.6. The number of rotatable bonds is 5. The van der Waals surface area contributed by atoms with Crippen LogP contribution in [0.3, 0.4) is 0 Å². The molecule has 0 aromatic rings. The van der Waals surface area contributed by atoms with E-state index in [0.717, 1.165) is 12.0 Å². The molecule has 0 fully saturated rings. The minimum Gasteiger partial charge on any atom is -0.265 e. The third kappa shape index (κ3) is 7.01. The second-order valence-corrected chi connectivity index (χ2v) is 2.73. The highest BCUT2D eigenvalue weighted by Crippen LogP contribution is 1.99. The molecule has 1 heteroatoms. The maximum atomic E-state index is 3.86. The van der Waals surface area contributed by atoms with Gasteiger partial charge in [0.2, 0.25) is 0 Å². The molecule has 0 aliphatic heterocycles. The summed E-state index contributed by atoms with van der Waals surface area (Å²) in [6.45, 7) is 11.5. The quantitative estimate of drug-likeness (QED) is 0.446. The molecule has 0 N–H and O–H groups in total. The van der Waals surface area contributed by atoms with Crippen LogP contribution in [0.4, 0.5) is 0 Å². The fourth-order valence-electron chi connectivity index (χ4n) is 0.820. The number of aliphatic imine (C=N–C) groups is 1. The molecule has 0 atom stereocenters. The van der Waals surface area contributed by atoms with Gasteiger partial charge >= 0.3 is 0 Å². The monoisotopic (exact) mass is 175 g/mol. The highest BCUT2D eigenvalue weighted by atomic mass is 14.6. The van der Waals surface area contributed by atoms with E-state index in [9.17, 15) is 0 Å². The Kier molecular flexibility index (Phi) is 6.52. The molecule has 0 aromatic heterocycles. The second kappa shape index (κ2) is 7.29. The van der Waals surface area contributed by atoms with Crippen LogP contribution < -0.4 is 0 Å². The standard InChI is InChI=1S/C12H17N/c1-5-7-11(3)8-9-12(4)10-13-6-2/h6-10H,2,4-5H2,1,3H3/b9-8-,11-7-,13-10-. The van der Waals surface area contributed by atoms with Crippen molar-refractivity contribution in [2.24, 2.45) is 4.99 Å². The lowest BCUT2D eigenvalue weighted by atomic mass is 10.2. The smallest absolute Gasteiger partial charge is 0.0334 e. The van der Waals surface area contributed by atoms with Crippen molar-refractivity contribution in [2.45, 2.75) is 20.3 Å². The maximum absolute atomic E-state index is 3.86. The fourth-order valence-corrected chi connectivity index (χ4v) is 0.820.